The van der Waals surface area contributed by atoms with Crippen molar-refractivity contribution < 1.29 is 0 Å². The SMILES string of the molecule is Brc1nc2c3ccccc3c3c(n2n1)-c1ccccc1C3. The number of benzene rings is 2. The van der Waals surface area contributed by atoms with Crippen molar-refractivity contribution in [3.8, 4) is 11.3 Å². The molecule has 2 aromatic carbocycles. The zero-order valence-corrected chi connectivity index (χ0v) is 12.6. The van der Waals surface area contributed by atoms with Crippen LogP contribution < -0.4 is 0 Å². The van der Waals surface area contributed by atoms with Gasteiger partial charge in [-0.15, -0.1) is 5.10 Å². The van der Waals surface area contributed by atoms with E-state index in [0.29, 0.717) is 4.73 Å². The Balaban J connectivity index is 2.07. The van der Waals surface area contributed by atoms with Gasteiger partial charge in [-0.3, -0.25) is 0 Å². The van der Waals surface area contributed by atoms with Gasteiger partial charge in [0.1, 0.15) is 0 Å². The molecule has 2 aromatic heterocycles. The molecule has 0 saturated heterocycles. The van der Waals surface area contributed by atoms with Crippen LogP contribution in [0.15, 0.2) is 53.3 Å². The monoisotopic (exact) mass is 335 g/mol. The lowest BCUT2D eigenvalue weighted by Crippen LogP contribution is -1.97. The summed E-state index contributed by atoms with van der Waals surface area (Å²) in [5.41, 5.74) is 6.06. The molecule has 0 spiro atoms. The van der Waals surface area contributed by atoms with Crippen LogP contribution in [0.3, 0.4) is 0 Å². The second-order valence-electron chi connectivity index (χ2n) is 5.32. The lowest BCUT2D eigenvalue weighted by Gasteiger charge is -2.08. The number of halogens is 1. The minimum absolute atomic E-state index is 0.630. The predicted octanol–water partition coefficient (Wildman–Crippen LogP) is 4.22. The lowest BCUT2D eigenvalue weighted by molar-refractivity contribution is 0.955. The van der Waals surface area contributed by atoms with Crippen LogP contribution in [-0.2, 0) is 6.42 Å². The fourth-order valence-corrected chi connectivity index (χ4v) is 3.69. The maximum absolute atomic E-state index is 4.56. The van der Waals surface area contributed by atoms with E-state index in [1.807, 2.05) is 4.52 Å². The molecule has 0 unspecified atom stereocenters. The highest BCUT2D eigenvalue weighted by Crippen LogP contribution is 2.41. The fraction of sp³-hybridized carbons (Fsp3) is 0.0588. The number of pyridine rings is 1. The van der Waals surface area contributed by atoms with Crippen LogP contribution in [0.5, 0.6) is 0 Å². The molecule has 0 saturated carbocycles. The molecule has 21 heavy (non-hydrogen) atoms. The van der Waals surface area contributed by atoms with Crippen molar-refractivity contribution in [1.82, 2.24) is 14.6 Å². The molecule has 0 bridgehead atoms. The Morgan fingerprint density at radius 1 is 0.952 bits per heavy atom. The van der Waals surface area contributed by atoms with Crippen LogP contribution in [-0.4, -0.2) is 14.6 Å². The first-order chi connectivity index (χ1) is 10.3. The van der Waals surface area contributed by atoms with Gasteiger partial charge in [0.25, 0.3) is 0 Å². The van der Waals surface area contributed by atoms with Crippen molar-refractivity contribution in [2.45, 2.75) is 6.42 Å². The maximum Gasteiger partial charge on any atom is 0.218 e. The van der Waals surface area contributed by atoms with Crippen molar-refractivity contribution in [3.05, 3.63) is 64.4 Å². The average Bonchev–Trinajstić information content (AvgIpc) is 3.07. The summed E-state index contributed by atoms with van der Waals surface area (Å²) in [4.78, 5) is 4.56. The van der Waals surface area contributed by atoms with Crippen LogP contribution in [0, 0.1) is 0 Å². The topological polar surface area (TPSA) is 30.2 Å². The van der Waals surface area contributed by atoms with E-state index in [1.54, 1.807) is 0 Å². The average molecular weight is 336 g/mol. The van der Waals surface area contributed by atoms with Gasteiger partial charge < -0.3 is 0 Å². The molecule has 5 rings (SSSR count). The van der Waals surface area contributed by atoms with E-state index in [1.165, 1.54) is 27.8 Å². The van der Waals surface area contributed by atoms with Crippen molar-refractivity contribution in [2.24, 2.45) is 0 Å². The Labute approximate surface area is 129 Å². The summed E-state index contributed by atoms with van der Waals surface area (Å²) in [6.45, 7) is 0. The van der Waals surface area contributed by atoms with Gasteiger partial charge in [0.05, 0.1) is 5.69 Å². The molecule has 4 heteroatoms. The van der Waals surface area contributed by atoms with Crippen LogP contribution in [0.2, 0.25) is 0 Å². The van der Waals surface area contributed by atoms with Gasteiger partial charge >= 0.3 is 0 Å². The van der Waals surface area contributed by atoms with E-state index in [-0.39, 0.29) is 0 Å². The quantitative estimate of drug-likeness (QED) is 0.424. The van der Waals surface area contributed by atoms with Gasteiger partial charge in [-0.1, -0.05) is 48.5 Å². The molecule has 0 atom stereocenters. The summed E-state index contributed by atoms with van der Waals surface area (Å²) in [7, 11) is 0. The van der Waals surface area contributed by atoms with Crippen molar-refractivity contribution in [3.63, 3.8) is 0 Å². The van der Waals surface area contributed by atoms with E-state index < -0.39 is 0 Å². The van der Waals surface area contributed by atoms with Gasteiger partial charge in [-0.2, -0.15) is 0 Å². The Morgan fingerprint density at radius 3 is 2.62 bits per heavy atom. The normalized spacial score (nSPS) is 12.8. The first-order valence-electron chi connectivity index (χ1n) is 6.87. The summed E-state index contributed by atoms with van der Waals surface area (Å²) >= 11 is 3.42. The van der Waals surface area contributed by atoms with E-state index in [9.17, 15) is 0 Å². The zero-order valence-electron chi connectivity index (χ0n) is 11.0. The maximum atomic E-state index is 4.56. The van der Waals surface area contributed by atoms with Crippen molar-refractivity contribution in [1.29, 1.82) is 0 Å². The van der Waals surface area contributed by atoms with Crippen LogP contribution >= 0.6 is 15.9 Å². The third-order valence-corrected chi connectivity index (χ3v) is 4.55. The molecule has 0 N–H and O–H groups in total. The zero-order chi connectivity index (χ0) is 14.0. The van der Waals surface area contributed by atoms with E-state index >= 15 is 0 Å². The predicted molar refractivity (Wildman–Crippen MR) is 86.4 cm³/mol. The van der Waals surface area contributed by atoms with Gasteiger partial charge in [-0.25, -0.2) is 9.50 Å². The van der Waals surface area contributed by atoms with Gasteiger partial charge in [-0.05, 0) is 32.4 Å². The molecule has 4 aromatic rings. The number of hydrogen-bond donors (Lipinski definition) is 0. The molecule has 2 heterocycles. The smallest absolute Gasteiger partial charge is 0.211 e. The van der Waals surface area contributed by atoms with Gasteiger partial charge in [0, 0.05) is 17.4 Å². The summed E-state index contributed by atoms with van der Waals surface area (Å²) in [5.74, 6) is 0. The first-order valence-corrected chi connectivity index (χ1v) is 7.66. The third-order valence-electron chi connectivity index (χ3n) is 4.21. The number of hydrogen-bond acceptors (Lipinski definition) is 2. The van der Waals surface area contributed by atoms with Crippen molar-refractivity contribution in [2.75, 3.05) is 0 Å². The minimum Gasteiger partial charge on any atom is -0.211 e. The second-order valence-corrected chi connectivity index (χ2v) is 6.03. The molecule has 1 aliphatic carbocycles. The number of aromatic nitrogens is 3. The molecular weight excluding hydrogens is 326 g/mol. The minimum atomic E-state index is 0.630. The summed E-state index contributed by atoms with van der Waals surface area (Å²) < 4.78 is 2.61. The van der Waals surface area contributed by atoms with Gasteiger partial charge in [0.15, 0.2) is 5.65 Å². The van der Waals surface area contributed by atoms with Crippen molar-refractivity contribution >= 4 is 32.3 Å². The molecule has 3 nitrogen and oxygen atoms in total. The Bertz CT molecular complexity index is 1030. The van der Waals surface area contributed by atoms with E-state index in [0.717, 1.165) is 17.5 Å². The Morgan fingerprint density at radius 2 is 1.71 bits per heavy atom. The number of fused-ring (bicyclic) bond motifs is 8. The molecule has 0 amide bonds. The Kier molecular flexibility index (Phi) is 2.14. The number of rotatable bonds is 0. The summed E-state index contributed by atoms with van der Waals surface area (Å²) in [6.07, 6.45) is 0.958. The molecule has 0 fully saturated rings. The highest BCUT2D eigenvalue weighted by Gasteiger charge is 2.25. The molecule has 1 aliphatic rings. The fourth-order valence-electron chi connectivity index (χ4n) is 3.37. The van der Waals surface area contributed by atoms with Crippen LogP contribution in [0.1, 0.15) is 11.1 Å². The van der Waals surface area contributed by atoms with E-state index in [2.05, 4.69) is 74.5 Å². The molecular formula is C17H10BrN3. The molecule has 100 valence electrons. The van der Waals surface area contributed by atoms with Crippen LogP contribution in [0.25, 0.3) is 27.7 Å². The second kappa shape index (κ2) is 3.92. The highest BCUT2D eigenvalue weighted by molar-refractivity contribution is 9.10. The first kappa shape index (κ1) is 11.5. The largest absolute Gasteiger partial charge is 0.218 e. The number of nitrogens with zero attached hydrogens (tertiary/aromatic N) is 3. The Hall–Kier alpha value is -2.20. The van der Waals surface area contributed by atoms with E-state index in [4.69, 9.17) is 0 Å². The molecule has 0 radical (unpaired) electrons. The lowest BCUT2D eigenvalue weighted by atomic mass is 10.0. The summed E-state index contributed by atoms with van der Waals surface area (Å²) in [5, 5.41) is 6.99. The van der Waals surface area contributed by atoms with Crippen LogP contribution in [0.4, 0.5) is 0 Å². The molecule has 0 aliphatic heterocycles. The standard InChI is InChI=1S/C17H10BrN3/c18-17-19-16-13-8-4-3-7-12(13)14-9-10-5-1-2-6-11(10)15(14)21(16)20-17/h1-8H,9H2. The van der Waals surface area contributed by atoms with Gasteiger partial charge in [0.2, 0.25) is 4.73 Å². The summed E-state index contributed by atoms with van der Waals surface area (Å²) in [6, 6.07) is 17.0. The third kappa shape index (κ3) is 1.43. The highest BCUT2D eigenvalue weighted by atomic mass is 79.9.